The van der Waals surface area contributed by atoms with E-state index >= 15 is 0 Å². The highest BCUT2D eigenvalue weighted by atomic mass is 35.5. The molecule has 0 aromatic carbocycles. The molecule has 1 aromatic heterocycles. The lowest BCUT2D eigenvalue weighted by atomic mass is 10.1. The van der Waals surface area contributed by atoms with Crippen LogP contribution in [0.15, 0.2) is 12.1 Å². The summed E-state index contributed by atoms with van der Waals surface area (Å²) in [6.07, 6.45) is 0.807. The summed E-state index contributed by atoms with van der Waals surface area (Å²) in [7, 11) is 0. The minimum Gasteiger partial charge on any atom is -0.396 e. The molecule has 1 aromatic rings. The molecule has 1 fully saturated rings. The highest BCUT2D eigenvalue weighted by Gasteiger charge is 2.28. The predicted octanol–water partition coefficient (Wildman–Crippen LogP) is 1.46. The van der Waals surface area contributed by atoms with Crippen LogP contribution in [0.4, 0.5) is 11.5 Å². The fourth-order valence-electron chi connectivity index (χ4n) is 1.97. The average molecular weight is 258 g/mol. The van der Waals surface area contributed by atoms with Gasteiger partial charge < -0.3 is 10.0 Å². The van der Waals surface area contributed by atoms with Crippen molar-refractivity contribution < 1.29 is 10.0 Å². The van der Waals surface area contributed by atoms with Crippen LogP contribution < -0.4 is 4.90 Å². The second kappa shape index (κ2) is 4.85. The summed E-state index contributed by atoms with van der Waals surface area (Å²) in [5.74, 6) is 0.439. The van der Waals surface area contributed by atoms with E-state index < -0.39 is 4.92 Å². The number of aliphatic hydroxyl groups excluding tert-OH is 1. The third kappa shape index (κ3) is 2.48. The Labute approximate surface area is 103 Å². The van der Waals surface area contributed by atoms with Gasteiger partial charge in [0.2, 0.25) is 5.82 Å². The summed E-state index contributed by atoms with van der Waals surface area (Å²) in [5, 5.41) is 20.2. The highest BCUT2D eigenvalue weighted by molar-refractivity contribution is 6.29. The third-order valence-electron chi connectivity index (χ3n) is 2.86. The van der Waals surface area contributed by atoms with Gasteiger partial charge in [-0.05, 0) is 12.5 Å². The van der Waals surface area contributed by atoms with Gasteiger partial charge in [0.05, 0.1) is 4.92 Å². The van der Waals surface area contributed by atoms with Gasteiger partial charge in [-0.1, -0.05) is 11.6 Å². The molecule has 92 valence electrons. The minimum absolute atomic E-state index is 0.0482. The molecule has 7 heteroatoms. The van der Waals surface area contributed by atoms with Gasteiger partial charge in [-0.3, -0.25) is 10.1 Å². The van der Waals surface area contributed by atoms with Crippen LogP contribution in [0.5, 0.6) is 0 Å². The quantitative estimate of drug-likeness (QED) is 0.504. The van der Waals surface area contributed by atoms with Crippen LogP contribution in [0, 0.1) is 16.0 Å². The number of aromatic nitrogens is 1. The monoisotopic (exact) mass is 257 g/mol. The smallest absolute Gasteiger partial charge is 0.311 e. The second-order valence-corrected chi connectivity index (χ2v) is 4.40. The van der Waals surface area contributed by atoms with Crippen molar-refractivity contribution in [2.24, 2.45) is 5.92 Å². The first kappa shape index (κ1) is 12.1. The van der Waals surface area contributed by atoms with Crippen LogP contribution >= 0.6 is 11.6 Å². The molecule has 0 radical (unpaired) electrons. The molecular weight excluding hydrogens is 246 g/mol. The summed E-state index contributed by atoms with van der Waals surface area (Å²) in [4.78, 5) is 16.2. The lowest BCUT2D eigenvalue weighted by Gasteiger charge is -2.16. The minimum atomic E-state index is -0.467. The number of nitrogens with zero attached hydrogens (tertiary/aromatic N) is 3. The van der Waals surface area contributed by atoms with E-state index in [2.05, 4.69) is 4.98 Å². The standard InChI is InChI=1S/C10H12ClN3O3/c11-9-2-1-8(14(16)17)10(12-9)13-4-3-7(5-13)6-15/h1-2,7,15H,3-6H2. The van der Waals surface area contributed by atoms with Gasteiger partial charge in [-0.25, -0.2) is 4.98 Å². The molecule has 1 aliphatic heterocycles. The number of hydrogen-bond acceptors (Lipinski definition) is 5. The van der Waals surface area contributed by atoms with Gasteiger partial charge in [0.1, 0.15) is 5.15 Å². The van der Waals surface area contributed by atoms with E-state index in [-0.39, 0.29) is 23.4 Å². The third-order valence-corrected chi connectivity index (χ3v) is 3.07. The second-order valence-electron chi connectivity index (χ2n) is 4.02. The van der Waals surface area contributed by atoms with Gasteiger partial charge in [0.15, 0.2) is 0 Å². The van der Waals surface area contributed by atoms with E-state index in [0.717, 1.165) is 6.42 Å². The van der Waals surface area contributed by atoms with Crippen LogP contribution in [-0.2, 0) is 0 Å². The Morgan fingerprint density at radius 2 is 2.41 bits per heavy atom. The number of pyridine rings is 1. The van der Waals surface area contributed by atoms with Crippen LogP contribution in [0.3, 0.4) is 0 Å². The summed E-state index contributed by atoms with van der Waals surface area (Å²) in [5.41, 5.74) is -0.0482. The van der Waals surface area contributed by atoms with Crippen molar-refractivity contribution in [3.8, 4) is 0 Å². The number of aliphatic hydroxyl groups is 1. The van der Waals surface area contributed by atoms with Crippen molar-refractivity contribution in [3.05, 3.63) is 27.4 Å². The highest BCUT2D eigenvalue weighted by Crippen LogP contribution is 2.31. The van der Waals surface area contributed by atoms with E-state index in [1.54, 1.807) is 4.90 Å². The van der Waals surface area contributed by atoms with Gasteiger partial charge in [-0.2, -0.15) is 0 Å². The molecule has 0 bridgehead atoms. The topological polar surface area (TPSA) is 79.5 Å². The van der Waals surface area contributed by atoms with E-state index in [4.69, 9.17) is 16.7 Å². The molecule has 2 rings (SSSR count). The van der Waals surface area contributed by atoms with E-state index in [1.807, 2.05) is 0 Å². The molecule has 2 heterocycles. The number of anilines is 1. The van der Waals surface area contributed by atoms with E-state index in [1.165, 1.54) is 12.1 Å². The molecule has 17 heavy (non-hydrogen) atoms. The Morgan fingerprint density at radius 3 is 3.00 bits per heavy atom. The zero-order valence-corrected chi connectivity index (χ0v) is 9.80. The Bertz CT molecular complexity index is 441. The predicted molar refractivity (Wildman–Crippen MR) is 63.3 cm³/mol. The average Bonchev–Trinajstić information content (AvgIpc) is 2.76. The molecule has 1 unspecified atom stereocenters. The van der Waals surface area contributed by atoms with Crippen molar-refractivity contribution in [2.45, 2.75) is 6.42 Å². The zero-order valence-electron chi connectivity index (χ0n) is 9.04. The summed E-state index contributed by atoms with van der Waals surface area (Å²) in [6.45, 7) is 1.31. The normalized spacial score (nSPS) is 19.6. The van der Waals surface area contributed by atoms with Crippen molar-refractivity contribution in [3.63, 3.8) is 0 Å². The molecule has 0 amide bonds. The Balaban J connectivity index is 2.31. The van der Waals surface area contributed by atoms with Gasteiger partial charge in [0.25, 0.3) is 0 Å². The SMILES string of the molecule is O=[N+]([O-])c1ccc(Cl)nc1N1CCC(CO)C1. The van der Waals surface area contributed by atoms with Crippen molar-refractivity contribution in [2.75, 3.05) is 24.6 Å². The molecule has 0 saturated carbocycles. The maximum atomic E-state index is 10.9. The van der Waals surface area contributed by atoms with Crippen LogP contribution in [-0.4, -0.2) is 34.7 Å². The van der Waals surface area contributed by atoms with Crippen molar-refractivity contribution >= 4 is 23.1 Å². The first-order chi connectivity index (χ1) is 8.11. The fourth-order valence-corrected chi connectivity index (χ4v) is 2.11. The summed E-state index contributed by atoms with van der Waals surface area (Å²) in [6, 6.07) is 2.76. The van der Waals surface area contributed by atoms with Crippen LogP contribution in [0.25, 0.3) is 0 Å². The first-order valence-corrected chi connectivity index (χ1v) is 5.66. The Morgan fingerprint density at radius 1 is 1.65 bits per heavy atom. The molecule has 1 aliphatic rings. The van der Waals surface area contributed by atoms with Crippen molar-refractivity contribution in [1.82, 2.24) is 4.98 Å². The van der Waals surface area contributed by atoms with Gasteiger partial charge in [-0.15, -0.1) is 0 Å². The van der Waals surface area contributed by atoms with Crippen LogP contribution in [0.1, 0.15) is 6.42 Å². The number of nitro groups is 1. The number of rotatable bonds is 3. The molecule has 0 aliphatic carbocycles. The Kier molecular flexibility index (Phi) is 3.44. The Hall–Kier alpha value is -1.40. The zero-order chi connectivity index (χ0) is 12.4. The fraction of sp³-hybridized carbons (Fsp3) is 0.500. The molecule has 1 N–H and O–H groups in total. The summed E-state index contributed by atoms with van der Waals surface area (Å²) < 4.78 is 0. The van der Waals surface area contributed by atoms with E-state index in [9.17, 15) is 10.1 Å². The van der Waals surface area contributed by atoms with Gasteiger partial charge >= 0.3 is 5.69 Å². The first-order valence-electron chi connectivity index (χ1n) is 5.28. The van der Waals surface area contributed by atoms with Gasteiger partial charge in [0, 0.05) is 31.7 Å². The van der Waals surface area contributed by atoms with Crippen molar-refractivity contribution in [1.29, 1.82) is 0 Å². The lowest BCUT2D eigenvalue weighted by Crippen LogP contribution is -2.22. The molecule has 0 spiro atoms. The molecule has 1 atom stereocenters. The molecule has 1 saturated heterocycles. The van der Waals surface area contributed by atoms with Crippen LogP contribution in [0.2, 0.25) is 5.15 Å². The molecular formula is C10H12ClN3O3. The lowest BCUT2D eigenvalue weighted by molar-refractivity contribution is -0.384. The number of hydrogen-bond donors (Lipinski definition) is 1. The molecule has 6 nitrogen and oxygen atoms in total. The largest absolute Gasteiger partial charge is 0.396 e. The maximum absolute atomic E-state index is 10.9. The maximum Gasteiger partial charge on any atom is 0.311 e. The summed E-state index contributed by atoms with van der Waals surface area (Å²) >= 11 is 5.76. The number of halogens is 1. The van der Waals surface area contributed by atoms with E-state index in [0.29, 0.717) is 18.9 Å².